The number of para-hydroxylation sites is 1. The van der Waals surface area contributed by atoms with Crippen molar-refractivity contribution in [2.45, 2.75) is 24.9 Å². The molecule has 2 atom stereocenters. The van der Waals surface area contributed by atoms with E-state index in [-0.39, 0.29) is 11.7 Å². The first-order valence-electron chi connectivity index (χ1n) is 8.27. The lowest BCUT2D eigenvalue weighted by molar-refractivity contribution is -0.115. The zero-order chi connectivity index (χ0) is 18.5. The van der Waals surface area contributed by atoms with Crippen molar-refractivity contribution in [1.29, 1.82) is 0 Å². The Bertz CT molecular complexity index is 905. The molecule has 0 aliphatic heterocycles. The zero-order valence-corrected chi connectivity index (χ0v) is 16.3. The fourth-order valence-corrected chi connectivity index (χ4v) is 4.28. The van der Waals surface area contributed by atoms with Gasteiger partial charge in [-0.15, -0.1) is 11.3 Å². The minimum Gasteiger partial charge on any atom is -0.325 e. The summed E-state index contributed by atoms with van der Waals surface area (Å²) in [6, 6.07) is 17.3. The number of thiazole rings is 1. The molecule has 0 saturated carbocycles. The van der Waals surface area contributed by atoms with Crippen LogP contribution in [0.1, 0.15) is 18.2 Å². The van der Waals surface area contributed by atoms with Crippen molar-refractivity contribution in [2.75, 3.05) is 5.32 Å². The molecule has 0 unspecified atom stereocenters. The van der Waals surface area contributed by atoms with Gasteiger partial charge in [-0.2, -0.15) is 0 Å². The van der Waals surface area contributed by atoms with Crippen LogP contribution in [0.3, 0.4) is 0 Å². The number of anilines is 1. The smallest absolute Gasteiger partial charge is 0.239 e. The fourth-order valence-electron chi connectivity index (χ4n) is 2.36. The van der Waals surface area contributed by atoms with Gasteiger partial charge < -0.3 is 5.32 Å². The van der Waals surface area contributed by atoms with Crippen LogP contribution in [0.5, 0.6) is 0 Å². The second kappa shape index (κ2) is 8.38. The molecule has 0 fully saturated rings. The number of carbonyl (C=O) groups excluding carboxylic acids is 1. The first-order chi connectivity index (χ1) is 12.5. The van der Waals surface area contributed by atoms with Crippen molar-refractivity contribution >= 4 is 33.7 Å². The molecule has 3 aromatic rings. The number of carbonyl (C=O) groups is 1. The van der Waals surface area contributed by atoms with E-state index in [1.165, 1.54) is 16.9 Å². The van der Waals surface area contributed by atoms with Crippen LogP contribution in [0.15, 0.2) is 60.0 Å². The standard InChI is InChI=1S/C20H20N2O2S2/c1-14-8-10-16(11-9-14)20-22-18(12-25-20)13-26(24)15(2)19(23)21-17-6-4-3-5-7-17/h3-12,15H,13H2,1-2H3,(H,21,23)/t15-,26+/m0/s1. The highest BCUT2D eigenvalue weighted by Gasteiger charge is 2.21. The van der Waals surface area contributed by atoms with E-state index in [0.717, 1.165) is 16.3 Å². The van der Waals surface area contributed by atoms with Gasteiger partial charge in [0.1, 0.15) is 10.3 Å². The van der Waals surface area contributed by atoms with Gasteiger partial charge in [0.05, 0.1) is 11.4 Å². The van der Waals surface area contributed by atoms with Gasteiger partial charge in [-0.1, -0.05) is 48.0 Å². The van der Waals surface area contributed by atoms with Crippen LogP contribution >= 0.6 is 11.3 Å². The van der Waals surface area contributed by atoms with Crippen molar-refractivity contribution in [3.05, 3.63) is 71.2 Å². The Balaban J connectivity index is 1.62. The Kier molecular flexibility index (Phi) is 5.96. The van der Waals surface area contributed by atoms with E-state index in [4.69, 9.17) is 0 Å². The van der Waals surface area contributed by atoms with Crippen LogP contribution in [0, 0.1) is 6.92 Å². The molecule has 2 aromatic carbocycles. The van der Waals surface area contributed by atoms with E-state index >= 15 is 0 Å². The summed E-state index contributed by atoms with van der Waals surface area (Å²) in [4.78, 5) is 16.9. The number of aromatic nitrogens is 1. The van der Waals surface area contributed by atoms with Crippen molar-refractivity contribution in [2.24, 2.45) is 0 Å². The Morgan fingerprint density at radius 1 is 1.15 bits per heavy atom. The highest BCUT2D eigenvalue weighted by atomic mass is 32.2. The molecule has 26 heavy (non-hydrogen) atoms. The van der Waals surface area contributed by atoms with Crippen LogP contribution < -0.4 is 5.32 Å². The van der Waals surface area contributed by atoms with Crippen molar-refractivity contribution in [3.63, 3.8) is 0 Å². The third-order valence-corrected chi connectivity index (χ3v) is 6.47. The average molecular weight is 385 g/mol. The Morgan fingerprint density at radius 3 is 2.54 bits per heavy atom. The summed E-state index contributed by atoms with van der Waals surface area (Å²) in [5, 5.41) is 5.00. The number of benzene rings is 2. The van der Waals surface area contributed by atoms with Gasteiger partial charge in [0.15, 0.2) is 0 Å². The van der Waals surface area contributed by atoms with E-state index in [0.29, 0.717) is 5.69 Å². The third-order valence-electron chi connectivity index (χ3n) is 3.95. The van der Waals surface area contributed by atoms with Gasteiger partial charge in [-0.05, 0) is 26.0 Å². The maximum Gasteiger partial charge on any atom is 0.239 e. The number of amides is 1. The topological polar surface area (TPSA) is 59.1 Å². The first kappa shape index (κ1) is 18.5. The molecular formula is C20H20N2O2S2. The second-order valence-corrected chi connectivity index (χ2v) is 8.65. The molecule has 0 aliphatic rings. The van der Waals surface area contributed by atoms with Crippen molar-refractivity contribution in [1.82, 2.24) is 4.98 Å². The molecule has 1 aromatic heterocycles. The van der Waals surface area contributed by atoms with Crippen LogP contribution in [0.25, 0.3) is 10.6 Å². The van der Waals surface area contributed by atoms with Crippen LogP contribution in [-0.4, -0.2) is 20.3 Å². The molecule has 3 rings (SSSR count). The number of nitrogens with zero attached hydrogens (tertiary/aromatic N) is 1. The summed E-state index contributed by atoms with van der Waals surface area (Å²) in [5.74, 6) is 0.0228. The van der Waals surface area contributed by atoms with Gasteiger partial charge in [0, 0.05) is 27.4 Å². The van der Waals surface area contributed by atoms with Crippen LogP contribution in [-0.2, 0) is 21.3 Å². The highest BCUT2D eigenvalue weighted by Crippen LogP contribution is 2.25. The quantitative estimate of drug-likeness (QED) is 0.685. The van der Waals surface area contributed by atoms with E-state index in [1.807, 2.05) is 66.9 Å². The molecule has 134 valence electrons. The second-order valence-electron chi connectivity index (χ2n) is 6.03. The summed E-state index contributed by atoms with van der Waals surface area (Å²) >= 11 is 1.53. The van der Waals surface area contributed by atoms with Crippen LogP contribution in [0.2, 0.25) is 0 Å². The van der Waals surface area contributed by atoms with Gasteiger partial charge in [-0.25, -0.2) is 4.98 Å². The Morgan fingerprint density at radius 2 is 1.85 bits per heavy atom. The van der Waals surface area contributed by atoms with E-state index < -0.39 is 16.0 Å². The molecule has 1 heterocycles. The lowest BCUT2D eigenvalue weighted by Gasteiger charge is -2.11. The first-order valence-corrected chi connectivity index (χ1v) is 10.5. The van der Waals surface area contributed by atoms with E-state index in [2.05, 4.69) is 10.3 Å². The number of aryl methyl sites for hydroxylation is 1. The predicted molar refractivity (Wildman–Crippen MR) is 109 cm³/mol. The lowest BCUT2D eigenvalue weighted by Crippen LogP contribution is -2.29. The Hall–Kier alpha value is -2.31. The lowest BCUT2D eigenvalue weighted by atomic mass is 10.2. The summed E-state index contributed by atoms with van der Waals surface area (Å²) < 4.78 is 12.5. The molecule has 4 nitrogen and oxygen atoms in total. The normalized spacial score (nSPS) is 13.2. The maximum atomic E-state index is 12.5. The Labute approximate surface area is 159 Å². The van der Waals surface area contributed by atoms with E-state index in [9.17, 15) is 9.00 Å². The fraction of sp³-hybridized carbons (Fsp3) is 0.200. The third kappa shape index (κ3) is 4.65. The summed E-state index contributed by atoms with van der Waals surface area (Å²) in [5.41, 5.74) is 3.71. The molecule has 0 radical (unpaired) electrons. The molecular weight excluding hydrogens is 364 g/mol. The SMILES string of the molecule is Cc1ccc(-c2nc(C[S@@](=O)[C@@H](C)C(=O)Nc3ccccc3)cs2)cc1. The molecule has 0 saturated heterocycles. The van der Waals surface area contributed by atoms with Crippen LogP contribution in [0.4, 0.5) is 5.69 Å². The average Bonchev–Trinajstić information content (AvgIpc) is 3.11. The van der Waals surface area contributed by atoms with Gasteiger partial charge in [0.2, 0.25) is 5.91 Å². The molecule has 0 spiro atoms. The van der Waals surface area contributed by atoms with Gasteiger partial charge in [-0.3, -0.25) is 9.00 Å². The van der Waals surface area contributed by atoms with Crippen molar-refractivity contribution in [3.8, 4) is 10.6 Å². The zero-order valence-electron chi connectivity index (χ0n) is 14.6. The minimum absolute atomic E-state index is 0.247. The summed E-state index contributed by atoms with van der Waals surface area (Å²) in [6.07, 6.45) is 0. The summed E-state index contributed by atoms with van der Waals surface area (Å²) in [7, 11) is -1.33. The largest absolute Gasteiger partial charge is 0.325 e. The molecule has 0 bridgehead atoms. The molecule has 1 amide bonds. The summed E-state index contributed by atoms with van der Waals surface area (Å²) in [6.45, 7) is 3.73. The predicted octanol–water partition coefficient (Wildman–Crippen LogP) is 4.39. The number of rotatable bonds is 6. The maximum absolute atomic E-state index is 12.5. The molecule has 1 N–H and O–H groups in total. The molecule has 0 aliphatic carbocycles. The number of hydrogen-bond acceptors (Lipinski definition) is 4. The van der Waals surface area contributed by atoms with Crippen molar-refractivity contribution < 1.29 is 9.00 Å². The van der Waals surface area contributed by atoms with E-state index in [1.54, 1.807) is 6.92 Å². The number of hydrogen-bond donors (Lipinski definition) is 1. The molecule has 6 heteroatoms. The minimum atomic E-state index is -1.33. The monoisotopic (exact) mass is 384 g/mol. The number of nitrogens with one attached hydrogen (secondary N) is 1. The van der Waals surface area contributed by atoms with Gasteiger partial charge in [0.25, 0.3) is 0 Å². The van der Waals surface area contributed by atoms with Gasteiger partial charge >= 0.3 is 0 Å². The highest BCUT2D eigenvalue weighted by molar-refractivity contribution is 7.85.